The summed E-state index contributed by atoms with van der Waals surface area (Å²) in [5, 5.41) is 0. The summed E-state index contributed by atoms with van der Waals surface area (Å²) in [6, 6.07) is 7.82. The molecule has 2 fully saturated rings. The molecule has 0 spiro atoms. The van der Waals surface area contributed by atoms with Crippen LogP contribution in [-0.4, -0.2) is 60.7 Å². The number of Topliss-reactive ketones (excluding diaryl/α,β-unsaturated/α-hetero) is 1. The van der Waals surface area contributed by atoms with Gasteiger partial charge in [0.25, 0.3) is 0 Å². The molecule has 1 saturated heterocycles. The summed E-state index contributed by atoms with van der Waals surface area (Å²) in [4.78, 5) is 41.2. The highest BCUT2D eigenvalue weighted by molar-refractivity contribution is 5.82. The van der Waals surface area contributed by atoms with E-state index in [1.54, 1.807) is 14.0 Å². The van der Waals surface area contributed by atoms with Gasteiger partial charge in [-0.25, -0.2) is 0 Å². The molecule has 0 aromatic heterocycles. The van der Waals surface area contributed by atoms with Crippen molar-refractivity contribution in [2.75, 3.05) is 33.3 Å². The summed E-state index contributed by atoms with van der Waals surface area (Å²) in [5.41, 5.74) is 1.02. The van der Waals surface area contributed by atoms with E-state index in [1.807, 2.05) is 34.1 Å². The number of rotatable bonds is 7. The van der Waals surface area contributed by atoms with Crippen molar-refractivity contribution in [1.82, 2.24) is 9.80 Å². The van der Waals surface area contributed by atoms with Gasteiger partial charge in [0, 0.05) is 44.9 Å². The number of nitrogens with zero attached hydrogens (tertiary/aromatic N) is 2. The van der Waals surface area contributed by atoms with Crippen LogP contribution in [0.25, 0.3) is 0 Å². The minimum absolute atomic E-state index is 0.0771. The topological polar surface area (TPSA) is 66.9 Å². The van der Waals surface area contributed by atoms with Crippen LogP contribution in [0.15, 0.2) is 24.3 Å². The van der Waals surface area contributed by atoms with E-state index in [4.69, 9.17) is 4.74 Å². The highest BCUT2D eigenvalue weighted by atomic mass is 16.5. The number of methoxy groups -OCH3 is 1. The summed E-state index contributed by atoms with van der Waals surface area (Å²) < 4.78 is 5.17. The van der Waals surface area contributed by atoms with Crippen LogP contribution in [0.4, 0.5) is 0 Å². The van der Waals surface area contributed by atoms with Crippen molar-refractivity contribution < 1.29 is 19.1 Å². The number of benzene rings is 1. The molecule has 0 unspecified atom stereocenters. The van der Waals surface area contributed by atoms with Gasteiger partial charge in [-0.05, 0) is 55.2 Å². The third kappa shape index (κ3) is 5.46. The molecule has 1 saturated carbocycles. The van der Waals surface area contributed by atoms with Gasteiger partial charge in [-0.15, -0.1) is 0 Å². The summed E-state index contributed by atoms with van der Waals surface area (Å²) in [6.07, 6.45) is 3.31. The zero-order valence-electron chi connectivity index (χ0n) is 19.4. The molecule has 1 aliphatic heterocycles. The lowest BCUT2D eigenvalue weighted by atomic mass is 9.52. The Bertz CT molecular complexity index is 802. The maximum Gasteiger partial charge on any atom is 0.222 e. The lowest BCUT2D eigenvalue weighted by Crippen LogP contribution is -2.50. The largest absolute Gasteiger partial charge is 0.497 e. The highest BCUT2D eigenvalue weighted by Gasteiger charge is 2.50. The Hall–Kier alpha value is -2.37. The van der Waals surface area contributed by atoms with E-state index in [9.17, 15) is 14.4 Å². The van der Waals surface area contributed by atoms with Crippen molar-refractivity contribution in [3.8, 4) is 5.75 Å². The predicted molar refractivity (Wildman–Crippen MR) is 120 cm³/mol. The van der Waals surface area contributed by atoms with Gasteiger partial charge in [0.1, 0.15) is 11.5 Å². The molecule has 1 aromatic carbocycles. The minimum Gasteiger partial charge on any atom is -0.497 e. The monoisotopic (exact) mass is 428 g/mol. The van der Waals surface area contributed by atoms with E-state index in [0.717, 1.165) is 24.2 Å². The molecule has 0 bridgehead atoms. The Morgan fingerprint density at radius 2 is 1.61 bits per heavy atom. The highest BCUT2D eigenvalue weighted by Crippen LogP contribution is 2.53. The summed E-state index contributed by atoms with van der Waals surface area (Å²) >= 11 is 0. The van der Waals surface area contributed by atoms with Crippen LogP contribution in [0.2, 0.25) is 0 Å². The SMILES string of the molecule is COc1ccc(CCC(=O)N2CCCN(C(=O)C[C@H]3C[C@@H](C(C)=O)C3(C)C)CC2)cc1. The fourth-order valence-corrected chi connectivity index (χ4v) is 5.01. The molecular formula is C25H36N2O4. The first-order valence-corrected chi connectivity index (χ1v) is 11.4. The lowest BCUT2D eigenvalue weighted by Gasteiger charge is -2.51. The Balaban J connectivity index is 1.45. The molecule has 0 radical (unpaired) electrons. The third-order valence-electron chi connectivity index (χ3n) is 7.37. The second-order valence-electron chi connectivity index (χ2n) is 9.58. The molecule has 2 atom stereocenters. The van der Waals surface area contributed by atoms with Gasteiger partial charge in [0.2, 0.25) is 11.8 Å². The summed E-state index contributed by atoms with van der Waals surface area (Å²) in [5.74, 6) is 1.69. The van der Waals surface area contributed by atoms with Gasteiger partial charge in [-0.1, -0.05) is 26.0 Å². The summed E-state index contributed by atoms with van der Waals surface area (Å²) in [7, 11) is 1.64. The van der Waals surface area contributed by atoms with E-state index in [1.165, 1.54) is 0 Å². The molecule has 3 rings (SSSR count). The molecule has 1 heterocycles. The molecule has 6 heteroatoms. The van der Waals surface area contributed by atoms with E-state index in [-0.39, 0.29) is 34.8 Å². The Labute approximate surface area is 185 Å². The Morgan fingerprint density at radius 3 is 2.16 bits per heavy atom. The molecule has 0 N–H and O–H groups in total. The molecule has 2 aliphatic rings. The smallest absolute Gasteiger partial charge is 0.222 e. The number of carbonyl (C=O) groups excluding carboxylic acids is 3. The van der Waals surface area contributed by atoms with Gasteiger partial charge in [0.15, 0.2) is 0 Å². The normalized spacial score (nSPS) is 23.0. The first-order valence-electron chi connectivity index (χ1n) is 11.4. The van der Waals surface area contributed by atoms with E-state index in [0.29, 0.717) is 45.4 Å². The van der Waals surface area contributed by atoms with Crippen LogP contribution in [0.1, 0.15) is 52.0 Å². The fraction of sp³-hybridized carbons (Fsp3) is 0.640. The number of carbonyl (C=O) groups is 3. The van der Waals surface area contributed by atoms with Crippen molar-refractivity contribution in [2.24, 2.45) is 17.3 Å². The van der Waals surface area contributed by atoms with Crippen LogP contribution in [0, 0.1) is 17.3 Å². The Morgan fingerprint density at radius 1 is 1.00 bits per heavy atom. The van der Waals surface area contributed by atoms with Crippen LogP contribution in [-0.2, 0) is 20.8 Å². The zero-order valence-corrected chi connectivity index (χ0v) is 19.4. The Kier molecular flexibility index (Phi) is 7.39. The van der Waals surface area contributed by atoms with Crippen LogP contribution < -0.4 is 4.74 Å². The quantitative estimate of drug-likeness (QED) is 0.668. The van der Waals surface area contributed by atoms with Gasteiger partial charge in [-0.2, -0.15) is 0 Å². The molecule has 6 nitrogen and oxygen atoms in total. The second kappa shape index (κ2) is 9.84. The lowest BCUT2D eigenvalue weighted by molar-refractivity contribution is -0.145. The number of amides is 2. The number of ether oxygens (including phenoxy) is 1. The maximum atomic E-state index is 12.9. The van der Waals surface area contributed by atoms with E-state index in [2.05, 4.69) is 13.8 Å². The molecule has 2 amide bonds. The molecule has 31 heavy (non-hydrogen) atoms. The first-order chi connectivity index (χ1) is 14.7. The number of aryl methyl sites for hydroxylation is 1. The van der Waals surface area contributed by atoms with Crippen LogP contribution in [0.5, 0.6) is 5.75 Å². The third-order valence-corrected chi connectivity index (χ3v) is 7.37. The van der Waals surface area contributed by atoms with Crippen molar-refractivity contribution in [3.63, 3.8) is 0 Å². The van der Waals surface area contributed by atoms with Crippen molar-refractivity contribution >= 4 is 17.6 Å². The predicted octanol–water partition coefficient (Wildman–Crippen LogP) is 3.33. The molecule has 170 valence electrons. The number of hydrogen-bond donors (Lipinski definition) is 0. The van der Waals surface area contributed by atoms with Crippen LogP contribution >= 0.6 is 0 Å². The average molecular weight is 429 g/mol. The molecule has 1 aromatic rings. The van der Waals surface area contributed by atoms with Crippen molar-refractivity contribution in [2.45, 2.75) is 52.9 Å². The van der Waals surface area contributed by atoms with Gasteiger partial charge >= 0.3 is 0 Å². The number of ketones is 1. The van der Waals surface area contributed by atoms with Gasteiger partial charge in [-0.3, -0.25) is 14.4 Å². The maximum absolute atomic E-state index is 12.9. The van der Waals surface area contributed by atoms with Gasteiger partial charge < -0.3 is 14.5 Å². The average Bonchev–Trinajstić information content (AvgIpc) is 3.01. The standard InChI is InChI=1S/C25H36N2O4/c1-18(28)22-16-20(25(22,2)3)17-24(30)27-13-5-12-26(14-15-27)23(29)11-8-19-6-9-21(31-4)10-7-19/h6-7,9-10,20,22H,5,8,11-17H2,1-4H3/t20-,22+/m1/s1. The molecule has 1 aliphatic carbocycles. The number of hydrogen-bond acceptors (Lipinski definition) is 4. The molecular weight excluding hydrogens is 392 g/mol. The van der Waals surface area contributed by atoms with Crippen LogP contribution in [0.3, 0.4) is 0 Å². The van der Waals surface area contributed by atoms with Gasteiger partial charge in [0.05, 0.1) is 7.11 Å². The zero-order chi connectivity index (χ0) is 22.6. The van der Waals surface area contributed by atoms with Crippen molar-refractivity contribution in [3.05, 3.63) is 29.8 Å². The summed E-state index contributed by atoms with van der Waals surface area (Å²) in [6.45, 7) is 8.45. The first kappa shape index (κ1) is 23.3. The van der Waals surface area contributed by atoms with Crippen molar-refractivity contribution in [1.29, 1.82) is 0 Å². The van der Waals surface area contributed by atoms with E-state index >= 15 is 0 Å². The van der Waals surface area contributed by atoms with E-state index < -0.39 is 0 Å². The minimum atomic E-state index is -0.100. The second-order valence-corrected chi connectivity index (χ2v) is 9.58. The fourth-order valence-electron chi connectivity index (χ4n) is 5.01.